The number of hydrogen-bond donors (Lipinski definition) is 0. The van der Waals surface area contributed by atoms with E-state index in [0.29, 0.717) is 6.42 Å². The smallest absolute Gasteiger partial charge is 0.292 e. The van der Waals surface area contributed by atoms with Gasteiger partial charge in [-0.25, -0.2) is 0 Å². The van der Waals surface area contributed by atoms with Gasteiger partial charge in [-0.1, -0.05) is 6.42 Å². The summed E-state index contributed by atoms with van der Waals surface area (Å²) < 4.78 is 11.1. The normalized spacial score (nSPS) is 12.6. The average Bonchev–Trinajstić information content (AvgIpc) is 2.06. The van der Waals surface area contributed by atoms with Crippen molar-refractivity contribution in [2.75, 3.05) is 6.61 Å². The molecule has 0 aromatic rings. The molecule has 0 unspecified atom stereocenters. The maximum atomic E-state index is 11.4. The number of carbonyl (C=O) groups excluding carboxylic acids is 1. The zero-order valence-corrected chi connectivity index (χ0v) is 14.3. The standard InChI is InChI=1S/C12H28O3Si2/c1-16(2,3)14-11-9-7-8-10-12(13)15-17(4,5)6/h7-11H2,1-6H3. The molecule has 0 fully saturated rings. The highest BCUT2D eigenvalue weighted by Gasteiger charge is 2.19. The minimum Gasteiger partial charge on any atom is -0.520 e. The Labute approximate surface area is 108 Å². The van der Waals surface area contributed by atoms with Gasteiger partial charge in [-0.05, 0) is 52.1 Å². The summed E-state index contributed by atoms with van der Waals surface area (Å²) in [6, 6.07) is 0. The lowest BCUT2D eigenvalue weighted by molar-refractivity contribution is -0.135. The number of carbonyl (C=O) groups is 1. The van der Waals surface area contributed by atoms with E-state index in [-0.39, 0.29) is 5.97 Å². The van der Waals surface area contributed by atoms with Gasteiger partial charge in [0.05, 0.1) is 0 Å². The Morgan fingerprint density at radius 2 is 1.47 bits per heavy atom. The molecule has 0 amide bonds. The number of hydrogen-bond acceptors (Lipinski definition) is 3. The van der Waals surface area contributed by atoms with Crippen LogP contribution in [0.15, 0.2) is 0 Å². The Balaban J connectivity index is 3.44. The van der Waals surface area contributed by atoms with Crippen LogP contribution in [-0.2, 0) is 13.6 Å². The van der Waals surface area contributed by atoms with Crippen LogP contribution >= 0.6 is 0 Å². The summed E-state index contributed by atoms with van der Waals surface area (Å²) >= 11 is 0. The van der Waals surface area contributed by atoms with E-state index in [2.05, 4.69) is 19.6 Å². The van der Waals surface area contributed by atoms with E-state index in [1.807, 2.05) is 19.6 Å². The maximum absolute atomic E-state index is 11.4. The minimum atomic E-state index is -1.69. The fraction of sp³-hybridized carbons (Fsp3) is 0.917. The lowest BCUT2D eigenvalue weighted by Gasteiger charge is -2.18. The summed E-state index contributed by atoms with van der Waals surface area (Å²) in [5.41, 5.74) is 0. The molecule has 0 aliphatic carbocycles. The zero-order valence-electron chi connectivity index (χ0n) is 12.3. The highest BCUT2D eigenvalue weighted by molar-refractivity contribution is 6.71. The number of rotatable bonds is 8. The second-order valence-electron chi connectivity index (χ2n) is 6.36. The molecular formula is C12H28O3Si2. The first kappa shape index (κ1) is 16.9. The third-order valence-corrected chi connectivity index (χ3v) is 3.89. The molecule has 0 saturated carbocycles. The highest BCUT2D eigenvalue weighted by Crippen LogP contribution is 2.09. The van der Waals surface area contributed by atoms with Crippen molar-refractivity contribution in [3.63, 3.8) is 0 Å². The quantitative estimate of drug-likeness (QED) is 0.500. The second-order valence-corrected chi connectivity index (χ2v) is 15.3. The van der Waals surface area contributed by atoms with Crippen molar-refractivity contribution in [2.24, 2.45) is 0 Å². The highest BCUT2D eigenvalue weighted by atomic mass is 28.4. The molecule has 0 heterocycles. The van der Waals surface area contributed by atoms with Gasteiger partial charge >= 0.3 is 0 Å². The molecule has 102 valence electrons. The first-order chi connectivity index (χ1) is 7.60. The zero-order chi connectivity index (χ0) is 13.5. The predicted molar refractivity (Wildman–Crippen MR) is 77.2 cm³/mol. The molecule has 17 heavy (non-hydrogen) atoms. The van der Waals surface area contributed by atoms with E-state index in [1.165, 1.54) is 0 Å². The Kier molecular flexibility index (Phi) is 7.27. The molecule has 0 radical (unpaired) electrons. The van der Waals surface area contributed by atoms with Gasteiger partial charge in [0.25, 0.3) is 5.97 Å². The summed E-state index contributed by atoms with van der Waals surface area (Å²) in [4.78, 5) is 11.4. The van der Waals surface area contributed by atoms with Crippen LogP contribution in [0.25, 0.3) is 0 Å². The molecule has 0 N–H and O–H groups in total. The maximum Gasteiger partial charge on any atom is 0.292 e. The largest absolute Gasteiger partial charge is 0.520 e. The van der Waals surface area contributed by atoms with Crippen molar-refractivity contribution in [1.29, 1.82) is 0 Å². The predicted octanol–water partition coefficient (Wildman–Crippen LogP) is 3.78. The molecule has 5 heteroatoms. The van der Waals surface area contributed by atoms with Gasteiger partial charge in [-0.3, -0.25) is 4.79 Å². The van der Waals surface area contributed by atoms with Gasteiger partial charge in [0.1, 0.15) is 0 Å². The minimum absolute atomic E-state index is 0.0321. The van der Waals surface area contributed by atoms with Crippen molar-refractivity contribution in [1.82, 2.24) is 0 Å². The molecule has 0 aliphatic rings. The second kappa shape index (κ2) is 7.33. The van der Waals surface area contributed by atoms with E-state index in [4.69, 9.17) is 8.85 Å². The monoisotopic (exact) mass is 276 g/mol. The van der Waals surface area contributed by atoms with Crippen LogP contribution in [0.5, 0.6) is 0 Å². The lowest BCUT2D eigenvalue weighted by Crippen LogP contribution is -2.29. The van der Waals surface area contributed by atoms with Gasteiger partial charge in [-0.2, -0.15) is 0 Å². The van der Waals surface area contributed by atoms with E-state index >= 15 is 0 Å². The SMILES string of the molecule is C[Si](C)(C)OCCCCCC(=O)O[Si](C)(C)C. The van der Waals surface area contributed by atoms with Gasteiger partial charge in [0.2, 0.25) is 8.32 Å². The Morgan fingerprint density at radius 1 is 0.882 bits per heavy atom. The van der Waals surface area contributed by atoms with Crippen LogP contribution in [0.3, 0.4) is 0 Å². The summed E-state index contributed by atoms with van der Waals surface area (Å²) in [5.74, 6) is -0.0321. The molecule has 0 aromatic heterocycles. The third kappa shape index (κ3) is 13.8. The third-order valence-electron chi connectivity index (χ3n) is 1.98. The summed E-state index contributed by atoms with van der Waals surface area (Å²) in [5, 5.41) is 0. The molecule has 0 aliphatic heterocycles. The van der Waals surface area contributed by atoms with Crippen LogP contribution < -0.4 is 0 Å². The van der Waals surface area contributed by atoms with Crippen LogP contribution in [0.4, 0.5) is 0 Å². The summed E-state index contributed by atoms with van der Waals surface area (Å²) in [7, 11) is -3.05. The van der Waals surface area contributed by atoms with E-state index in [1.54, 1.807) is 0 Å². The number of unbranched alkanes of at least 4 members (excludes halogenated alkanes) is 2. The average molecular weight is 277 g/mol. The van der Waals surface area contributed by atoms with Crippen molar-refractivity contribution >= 4 is 22.6 Å². The first-order valence-corrected chi connectivity index (χ1v) is 13.3. The Morgan fingerprint density at radius 3 is 1.94 bits per heavy atom. The van der Waals surface area contributed by atoms with Gasteiger partial charge < -0.3 is 8.85 Å². The first-order valence-electron chi connectivity index (χ1n) is 6.46. The van der Waals surface area contributed by atoms with E-state index < -0.39 is 16.6 Å². The van der Waals surface area contributed by atoms with Gasteiger partial charge in [-0.15, -0.1) is 0 Å². The van der Waals surface area contributed by atoms with Crippen LogP contribution in [0.2, 0.25) is 39.3 Å². The molecule has 3 nitrogen and oxygen atoms in total. The molecule has 0 atom stereocenters. The van der Waals surface area contributed by atoms with E-state index in [0.717, 1.165) is 25.9 Å². The Bertz CT molecular complexity index is 229. The lowest BCUT2D eigenvalue weighted by atomic mass is 10.2. The molecule has 0 aromatic carbocycles. The molecule has 0 saturated heterocycles. The van der Waals surface area contributed by atoms with Crippen LogP contribution in [-0.4, -0.2) is 29.2 Å². The molecular weight excluding hydrogens is 248 g/mol. The van der Waals surface area contributed by atoms with Gasteiger partial charge in [0.15, 0.2) is 8.32 Å². The van der Waals surface area contributed by atoms with Gasteiger partial charge in [0, 0.05) is 13.0 Å². The molecule has 0 rings (SSSR count). The molecule has 0 spiro atoms. The summed E-state index contributed by atoms with van der Waals surface area (Å²) in [6.07, 6.45) is 3.56. The van der Waals surface area contributed by atoms with Crippen LogP contribution in [0, 0.1) is 0 Å². The molecule has 0 bridgehead atoms. The van der Waals surface area contributed by atoms with Crippen LogP contribution in [0.1, 0.15) is 25.7 Å². The van der Waals surface area contributed by atoms with Crippen molar-refractivity contribution in [2.45, 2.75) is 65.0 Å². The topological polar surface area (TPSA) is 35.5 Å². The summed E-state index contributed by atoms with van der Waals surface area (Å²) in [6.45, 7) is 13.5. The van der Waals surface area contributed by atoms with E-state index in [9.17, 15) is 4.79 Å². The van der Waals surface area contributed by atoms with Crippen molar-refractivity contribution < 1.29 is 13.6 Å². The van der Waals surface area contributed by atoms with Crippen molar-refractivity contribution in [3.05, 3.63) is 0 Å². The fourth-order valence-corrected chi connectivity index (χ4v) is 2.86. The van der Waals surface area contributed by atoms with Crippen molar-refractivity contribution in [3.8, 4) is 0 Å². The fourth-order valence-electron chi connectivity index (χ4n) is 1.32. The Hall–Kier alpha value is -0.136.